The molecule has 124 valence electrons. The molecular weight excluding hydrogens is 316 g/mol. The Kier molecular flexibility index (Phi) is 4.72. The molecule has 0 bridgehead atoms. The molecule has 4 nitrogen and oxygen atoms in total. The number of nitrogens with one attached hydrogen (secondary N) is 1. The fourth-order valence-electron chi connectivity index (χ4n) is 2.11. The van der Waals surface area contributed by atoms with Crippen LogP contribution in [0.4, 0.5) is 17.6 Å². The topological polar surface area (TPSA) is 55.1 Å². The van der Waals surface area contributed by atoms with E-state index < -0.39 is 23.5 Å². The molecular formula is C15H14F4N2O2. The summed E-state index contributed by atoms with van der Waals surface area (Å²) in [6.07, 6.45) is -4.82. The molecule has 1 aromatic heterocycles. The first-order valence-electron chi connectivity index (χ1n) is 6.73. The van der Waals surface area contributed by atoms with Crippen molar-refractivity contribution in [1.29, 1.82) is 0 Å². The first kappa shape index (κ1) is 17.0. The van der Waals surface area contributed by atoms with Crippen molar-refractivity contribution >= 4 is 5.91 Å². The molecule has 1 heterocycles. The molecule has 1 N–H and O–H groups in total. The van der Waals surface area contributed by atoms with E-state index in [4.69, 9.17) is 4.52 Å². The first-order chi connectivity index (χ1) is 10.7. The Morgan fingerprint density at radius 3 is 2.57 bits per heavy atom. The van der Waals surface area contributed by atoms with Gasteiger partial charge in [-0.1, -0.05) is 17.3 Å². The first-order valence-corrected chi connectivity index (χ1v) is 6.73. The van der Waals surface area contributed by atoms with Crippen molar-refractivity contribution in [2.75, 3.05) is 0 Å². The molecule has 0 saturated carbocycles. The third-order valence-corrected chi connectivity index (χ3v) is 3.38. The van der Waals surface area contributed by atoms with Gasteiger partial charge in [0.1, 0.15) is 11.6 Å². The molecule has 0 fully saturated rings. The van der Waals surface area contributed by atoms with Gasteiger partial charge in [-0.3, -0.25) is 4.79 Å². The Bertz CT molecular complexity index is 703. The number of hydrogen-bond donors (Lipinski definition) is 1. The number of amides is 1. The molecule has 8 heteroatoms. The Balaban J connectivity index is 2.05. The standard InChI is InChI=1S/C15H14F4N2O2/c1-8-11(9(2)23-21-8)6-13(22)20-7-10-4-3-5-12(14(10)16)15(17,18)19/h3-5H,6-7H2,1-2H3,(H,20,22). The minimum absolute atomic E-state index is 0.0399. The van der Waals surface area contributed by atoms with Gasteiger partial charge in [0.05, 0.1) is 17.7 Å². The molecule has 0 aliphatic carbocycles. The number of aromatic nitrogens is 1. The second-order valence-electron chi connectivity index (χ2n) is 5.03. The average molecular weight is 330 g/mol. The number of alkyl halides is 3. The normalized spacial score (nSPS) is 11.6. The molecule has 0 unspecified atom stereocenters. The van der Waals surface area contributed by atoms with Crippen LogP contribution in [0, 0.1) is 19.7 Å². The van der Waals surface area contributed by atoms with E-state index in [0.717, 1.165) is 6.07 Å². The number of nitrogens with zero attached hydrogens (tertiary/aromatic N) is 1. The van der Waals surface area contributed by atoms with Gasteiger partial charge in [0.25, 0.3) is 0 Å². The number of carbonyl (C=O) groups excluding carboxylic acids is 1. The Hall–Kier alpha value is -2.38. The summed E-state index contributed by atoms with van der Waals surface area (Å²) in [5.41, 5.74) is -0.420. The van der Waals surface area contributed by atoms with Crippen molar-refractivity contribution < 1.29 is 26.9 Å². The van der Waals surface area contributed by atoms with Crippen LogP contribution in [0.5, 0.6) is 0 Å². The van der Waals surface area contributed by atoms with Gasteiger partial charge in [-0.25, -0.2) is 4.39 Å². The quantitative estimate of drug-likeness (QED) is 0.875. The predicted molar refractivity (Wildman–Crippen MR) is 72.9 cm³/mol. The van der Waals surface area contributed by atoms with Gasteiger partial charge < -0.3 is 9.84 Å². The van der Waals surface area contributed by atoms with Gasteiger partial charge in [-0.05, 0) is 19.9 Å². The molecule has 0 atom stereocenters. The summed E-state index contributed by atoms with van der Waals surface area (Å²) in [7, 11) is 0. The summed E-state index contributed by atoms with van der Waals surface area (Å²) in [6.45, 7) is 2.98. The largest absolute Gasteiger partial charge is 0.419 e. The van der Waals surface area contributed by atoms with Gasteiger partial charge in [-0.15, -0.1) is 0 Å². The van der Waals surface area contributed by atoms with E-state index in [1.54, 1.807) is 13.8 Å². The molecule has 2 rings (SSSR count). The average Bonchev–Trinajstić information content (AvgIpc) is 2.77. The van der Waals surface area contributed by atoms with Gasteiger partial charge >= 0.3 is 6.18 Å². The fraction of sp³-hybridized carbons (Fsp3) is 0.333. The fourth-order valence-corrected chi connectivity index (χ4v) is 2.11. The van der Waals surface area contributed by atoms with Crippen LogP contribution in [0.15, 0.2) is 22.7 Å². The second-order valence-corrected chi connectivity index (χ2v) is 5.03. The predicted octanol–water partition coefficient (Wildman–Crippen LogP) is 3.31. The summed E-state index contributed by atoms with van der Waals surface area (Å²) in [6, 6.07) is 2.95. The zero-order chi connectivity index (χ0) is 17.2. The number of aryl methyl sites for hydroxylation is 2. The monoisotopic (exact) mass is 330 g/mol. The molecule has 1 amide bonds. The van der Waals surface area contributed by atoms with E-state index in [1.165, 1.54) is 6.07 Å². The van der Waals surface area contributed by atoms with E-state index >= 15 is 0 Å². The molecule has 1 aromatic carbocycles. The van der Waals surface area contributed by atoms with Gasteiger partial charge in [0.2, 0.25) is 5.91 Å². The number of halogens is 4. The highest BCUT2D eigenvalue weighted by Gasteiger charge is 2.34. The minimum Gasteiger partial charge on any atom is -0.361 e. The van der Waals surface area contributed by atoms with Crippen molar-refractivity contribution in [1.82, 2.24) is 10.5 Å². The highest BCUT2D eigenvalue weighted by Crippen LogP contribution is 2.32. The SMILES string of the molecule is Cc1noc(C)c1CC(=O)NCc1cccc(C(F)(F)F)c1F. The third-order valence-electron chi connectivity index (χ3n) is 3.38. The molecule has 0 aliphatic rings. The lowest BCUT2D eigenvalue weighted by Crippen LogP contribution is -2.26. The highest BCUT2D eigenvalue weighted by atomic mass is 19.4. The van der Waals surface area contributed by atoms with Gasteiger partial charge in [0, 0.05) is 17.7 Å². The van der Waals surface area contributed by atoms with Crippen LogP contribution in [0.2, 0.25) is 0 Å². The zero-order valence-electron chi connectivity index (χ0n) is 12.4. The lowest BCUT2D eigenvalue weighted by molar-refractivity contribution is -0.140. The van der Waals surface area contributed by atoms with Crippen LogP contribution in [0.25, 0.3) is 0 Å². The van der Waals surface area contributed by atoms with E-state index in [9.17, 15) is 22.4 Å². The summed E-state index contributed by atoms with van der Waals surface area (Å²) in [4.78, 5) is 11.9. The number of rotatable bonds is 4. The number of carbonyl (C=O) groups is 1. The summed E-state index contributed by atoms with van der Waals surface area (Å²) >= 11 is 0. The maximum Gasteiger partial charge on any atom is 0.419 e. The van der Waals surface area contributed by atoms with Crippen LogP contribution in [0.1, 0.15) is 28.1 Å². The molecule has 2 aromatic rings. The summed E-state index contributed by atoms with van der Waals surface area (Å²) in [5, 5.41) is 6.10. The molecule has 23 heavy (non-hydrogen) atoms. The van der Waals surface area contributed by atoms with Crippen molar-refractivity contribution in [3.63, 3.8) is 0 Å². The van der Waals surface area contributed by atoms with Crippen LogP contribution in [-0.2, 0) is 23.9 Å². The second kappa shape index (κ2) is 6.39. The van der Waals surface area contributed by atoms with Crippen LogP contribution < -0.4 is 5.32 Å². The third kappa shape index (κ3) is 3.88. The van der Waals surface area contributed by atoms with Crippen molar-refractivity contribution in [2.24, 2.45) is 0 Å². The minimum atomic E-state index is -4.78. The highest BCUT2D eigenvalue weighted by molar-refractivity contribution is 5.79. The van der Waals surface area contributed by atoms with Crippen LogP contribution in [-0.4, -0.2) is 11.1 Å². The Morgan fingerprint density at radius 2 is 2.00 bits per heavy atom. The lowest BCUT2D eigenvalue weighted by atomic mass is 10.1. The summed E-state index contributed by atoms with van der Waals surface area (Å²) in [5.74, 6) is -1.35. The number of benzene rings is 1. The Labute approximate surface area is 129 Å². The number of hydrogen-bond acceptors (Lipinski definition) is 3. The van der Waals surface area contributed by atoms with E-state index in [2.05, 4.69) is 10.5 Å². The molecule has 0 aliphatic heterocycles. The van der Waals surface area contributed by atoms with Crippen molar-refractivity contribution in [3.8, 4) is 0 Å². The smallest absolute Gasteiger partial charge is 0.361 e. The van der Waals surface area contributed by atoms with Gasteiger partial charge in [-0.2, -0.15) is 13.2 Å². The van der Waals surface area contributed by atoms with E-state index in [1.807, 2.05) is 0 Å². The van der Waals surface area contributed by atoms with Crippen LogP contribution >= 0.6 is 0 Å². The Morgan fingerprint density at radius 1 is 1.30 bits per heavy atom. The molecule has 0 radical (unpaired) electrons. The van der Waals surface area contributed by atoms with E-state index in [-0.39, 0.29) is 18.5 Å². The van der Waals surface area contributed by atoms with Crippen molar-refractivity contribution in [2.45, 2.75) is 33.0 Å². The molecule has 0 spiro atoms. The zero-order valence-corrected chi connectivity index (χ0v) is 12.4. The summed E-state index contributed by atoms with van der Waals surface area (Å²) < 4.78 is 56.6. The van der Waals surface area contributed by atoms with Gasteiger partial charge in [0.15, 0.2) is 0 Å². The maximum atomic E-state index is 13.8. The van der Waals surface area contributed by atoms with Crippen molar-refractivity contribution in [3.05, 3.63) is 52.2 Å². The molecule has 0 saturated heterocycles. The van der Waals surface area contributed by atoms with Crippen LogP contribution in [0.3, 0.4) is 0 Å². The lowest BCUT2D eigenvalue weighted by Gasteiger charge is -2.11. The van der Waals surface area contributed by atoms with E-state index in [0.29, 0.717) is 23.1 Å². The maximum absolute atomic E-state index is 13.8.